The van der Waals surface area contributed by atoms with Gasteiger partial charge in [0.25, 0.3) is 5.91 Å². The van der Waals surface area contributed by atoms with Gasteiger partial charge in [-0.2, -0.15) is 0 Å². The molecule has 0 radical (unpaired) electrons. The van der Waals surface area contributed by atoms with Crippen LogP contribution in [0, 0.1) is 0 Å². The maximum absolute atomic E-state index is 13.3. The Balaban J connectivity index is 1.75. The number of hydrogen-bond donors (Lipinski definition) is 2. The Hall–Kier alpha value is -3.24. The quantitative estimate of drug-likeness (QED) is 0.603. The third-order valence-electron chi connectivity index (χ3n) is 5.44. The van der Waals surface area contributed by atoms with Crippen LogP contribution in [0.4, 0.5) is 5.69 Å². The third kappa shape index (κ3) is 3.37. The molecule has 2 aromatic carbocycles. The molecular weight excluding hydrogens is 422 g/mol. The van der Waals surface area contributed by atoms with Crippen molar-refractivity contribution in [2.24, 2.45) is 0 Å². The van der Waals surface area contributed by atoms with Gasteiger partial charge in [-0.25, -0.2) is 13.1 Å². The van der Waals surface area contributed by atoms with E-state index in [1.165, 1.54) is 27.3 Å². The van der Waals surface area contributed by atoms with Gasteiger partial charge in [0.15, 0.2) is 11.5 Å². The van der Waals surface area contributed by atoms with Crippen molar-refractivity contribution in [3.8, 4) is 17.2 Å². The lowest BCUT2D eigenvalue weighted by atomic mass is 10.2. The number of carbonyl (C=O) groups excluding carboxylic acids is 1. The number of benzene rings is 2. The molecule has 2 N–H and O–H groups in total. The number of ether oxygens (including phenoxy) is 3. The highest BCUT2D eigenvalue weighted by atomic mass is 32.2. The average molecular weight is 445 g/mol. The maximum atomic E-state index is 13.3. The lowest BCUT2D eigenvalue weighted by molar-refractivity contribution is 0.0985. The van der Waals surface area contributed by atoms with Crippen molar-refractivity contribution in [1.82, 2.24) is 9.71 Å². The second-order valence-electron chi connectivity index (χ2n) is 6.99. The van der Waals surface area contributed by atoms with Crippen LogP contribution < -0.4 is 23.8 Å². The zero-order valence-electron chi connectivity index (χ0n) is 17.6. The molecule has 164 valence electrons. The fourth-order valence-electron chi connectivity index (χ4n) is 3.87. The molecule has 0 unspecified atom stereocenters. The second kappa shape index (κ2) is 7.78. The minimum absolute atomic E-state index is 0.176. The fraction of sp³-hybridized carbons (Fsp3) is 0.286. The summed E-state index contributed by atoms with van der Waals surface area (Å²) < 4.78 is 42.8. The van der Waals surface area contributed by atoms with Gasteiger partial charge < -0.3 is 24.1 Å². The summed E-state index contributed by atoms with van der Waals surface area (Å²) in [5, 5.41) is 0.693. The maximum Gasteiger partial charge on any atom is 0.274 e. The SMILES string of the molecule is CNS(=O)(=O)c1ccc2c(c1)CCN2C(=O)c1cc2c(OC)cc(OC)c(OC)c2[nH]1. The van der Waals surface area contributed by atoms with E-state index >= 15 is 0 Å². The van der Waals surface area contributed by atoms with Gasteiger partial charge in [0.2, 0.25) is 10.0 Å². The molecule has 0 saturated heterocycles. The van der Waals surface area contributed by atoms with Gasteiger partial charge in [0, 0.05) is 23.7 Å². The number of rotatable bonds is 6. The third-order valence-corrected chi connectivity index (χ3v) is 6.85. The van der Waals surface area contributed by atoms with Crippen molar-refractivity contribution in [3.63, 3.8) is 0 Å². The number of nitrogens with one attached hydrogen (secondary N) is 2. The molecule has 31 heavy (non-hydrogen) atoms. The van der Waals surface area contributed by atoms with E-state index in [1.54, 1.807) is 36.3 Å². The standard InChI is InChI=1S/C21H23N3O6S/c1-22-31(26,27)13-5-6-16-12(9-13)7-8-24(16)21(25)15-10-14-17(28-2)11-18(29-3)20(30-4)19(14)23-15/h5-6,9-11,22-23H,7-8H2,1-4H3. The lowest BCUT2D eigenvalue weighted by Gasteiger charge is -2.16. The summed E-state index contributed by atoms with van der Waals surface area (Å²) in [6.07, 6.45) is 0.564. The predicted molar refractivity (Wildman–Crippen MR) is 116 cm³/mol. The van der Waals surface area contributed by atoms with Gasteiger partial charge in [-0.3, -0.25) is 4.79 Å². The van der Waals surface area contributed by atoms with Crippen molar-refractivity contribution in [3.05, 3.63) is 41.6 Å². The Morgan fingerprint density at radius 3 is 2.45 bits per heavy atom. The summed E-state index contributed by atoms with van der Waals surface area (Å²) in [6, 6.07) is 8.20. The molecule has 9 nitrogen and oxygen atoms in total. The summed E-state index contributed by atoms with van der Waals surface area (Å²) in [4.78, 5) is 18.3. The molecule has 3 aromatic rings. The van der Waals surface area contributed by atoms with Crippen LogP contribution in [-0.2, 0) is 16.4 Å². The number of aromatic amines is 1. The van der Waals surface area contributed by atoms with E-state index in [4.69, 9.17) is 14.2 Å². The Labute approximate surface area is 180 Å². The molecule has 4 rings (SSSR count). The van der Waals surface area contributed by atoms with Crippen molar-refractivity contribution in [1.29, 1.82) is 0 Å². The zero-order chi connectivity index (χ0) is 22.3. The van der Waals surface area contributed by atoms with Crippen LogP contribution in [0.2, 0.25) is 0 Å². The number of methoxy groups -OCH3 is 3. The van der Waals surface area contributed by atoms with E-state index in [0.29, 0.717) is 52.5 Å². The normalized spacial score (nSPS) is 13.4. The lowest BCUT2D eigenvalue weighted by Crippen LogP contribution is -2.29. The van der Waals surface area contributed by atoms with Crippen LogP contribution in [0.25, 0.3) is 10.9 Å². The van der Waals surface area contributed by atoms with E-state index in [2.05, 4.69) is 9.71 Å². The molecule has 0 atom stereocenters. The number of carbonyl (C=O) groups is 1. The summed E-state index contributed by atoms with van der Waals surface area (Å²) in [5.41, 5.74) is 2.45. The Morgan fingerprint density at radius 1 is 1.06 bits per heavy atom. The van der Waals surface area contributed by atoms with Gasteiger partial charge in [-0.05, 0) is 43.3 Å². The van der Waals surface area contributed by atoms with Crippen molar-refractivity contribution in [2.75, 3.05) is 39.8 Å². The predicted octanol–water partition coefficient (Wildman–Crippen LogP) is 2.30. The van der Waals surface area contributed by atoms with Crippen LogP contribution in [0.15, 0.2) is 35.2 Å². The van der Waals surface area contributed by atoms with Crippen molar-refractivity contribution in [2.45, 2.75) is 11.3 Å². The summed E-state index contributed by atoms with van der Waals surface area (Å²) in [6.45, 7) is 0.449. The molecule has 2 heterocycles. The molecule has 0 spiro atoms. The van der Waals surface area contributed by atoms with E-state index < -0.39 is 10.0 Å². The smallest absolute Gasteiger partial charge is 0.274 e. The molecule has 1 aliphatic rings. The number of hydrogen-bond acceptors (Lipinski definition) is 6. The average Bonchev–Trinajstić information content (AvgIpc) is 3.41. The van der Waals surface area contributed by atoms with E-state index in [0.717, 1.165) is 5.56 Å². The van der Waals surface area contributed by atoms with Crippen LogP contribution in [0.1, 0.15) is 16.1 Å². The molecule has 0 bridgehead atoms. The Kier molecular flexibility index (Phi) is 5.28. The summed E-state index contributed by atoms with van der Waals surface area (Å²) in [5.74, 6) is 1.27. The highest BCUT2D eigenvalue weighted by Crippen LogP contribution is 2.42. The number of sulfonamides is 1. The van der Waals surface area contributed by atoms with Crippen molar-refractivity contribution >= 4 is 32.5 Å². The number of nitrogens with zero attached hydrogens (tertiary/aromatic N) is 1. The van der Waals surface area contributed by atoms with E-state index in [1.807, 2.05) is 0 Å². The fourth-order valence-corrected chi connectivity index (χ4v) is 4.65. The zero-order valence-corrected chi connectivity index (χ0v) is 18.4. The molecule has 0 fully saturated rings. The molecule has 1 aromatic heterocycles. The highest BCUT2D eigenvalue weighted by molar-refractivity contribution is 7.89. The first-order valence-corrected chi connectivity index (χ1v) is 11.0. The Bertz CT molecular complexity index is 1280. The number of amides is 1. The van der Waals surface area contributed by atoms with Crippen LogP contribution in [0.5, 0.6) is 17.2 Å². The van der Waals surface area contributed by atoms with Crippen LogP contribution in [0.3, 0.4) is 0 Å². The van der Waals surface area contributed by atoms with Gasteiger partial charge in [0.05, 0.1) is 31.7 Å². The Morgan fingerprint density at radius 2 is 1.81 bits per heavy atom. The highest BCUT2D eigenvalue weighted by Gasteiger charge is 2.29. The summed E-state index contributed by atoms with van der Waals surface area (Å²) in [7, 11) is 2.42. The van der Waals surface area contributed by atoms with E-state index in [9.17, 15) is 13.2 Å². The largest absolute Gasteiger partial charge is 0.496 e. The van der Waals surface area contributed by atoms with Crippen molar-refractivity contribution < 1.29 is 27.4 Å². The topological polar surface area (TPSA) is 110 Å². The molecule has 1 aliphatic heterocycles. The molecule has 10 heteroatoms. The minimum Gasteiger partial charge on any atom is -0.496 e. The molecule has 1 amide bonds. The first-order chi connectivity index (χ1) is 14.8. The van der Waals surface area contributed by atoms with Gasteiger partial charge >= 0.3 is 0 Å². The number of anilines is 1. The number of H-pyrrole nitrogens is 1. The molecule has 0 aliphatic carbocycles. The monoisotopic (exact) mass is 445 g/mol. The number of fused-ring (bicyclic) bond motifs is 2. The van der Waals surface area contributed by atoms with Crippen LogP contribution >= 0.6 is 0 Å². The molecular formula is C21H23N3O6S. The number of aromatic nitrogens is 1. The first kappa shape index (κ1) is 21.0. The second-order valence-corrected chi connectivity index (χ2v) is 8.88. The van der Waals surface area contributed by atoms with Gasteiger partial charge in [0.1, 0.15) is 11.4 Å². The van der Waals surface area contributed by atoms with Gasteiger partial charge in [-0.1, -0.05) is 0 Å². The molecule has 0 saturated carbocycles. The first-order valence-electron chi connectivity index (χ1n) is 9.54. The van der Waals surface area contributed by atoms with E-state index in [-0.39, 0.29) is 10.8 Å². The summed E-state index contributed by atoms with van der Waals surface area (Å²) >= 11 is 0. The van der Waals surface area contributed by atoms with Crippen LogP contribution in [-0.4, -0.2) is 54.2 Å². The van der Waals surface area contributed by atoms with Gasteiger partial charge in [-0.15, -0.1) is 0 Å². The minimum atomic E-state index is -3.55.